The quantitative estimate of drug-likeness (QED) is 0.0400. The monoisotopic (exact) mass is 989 g/mol. The lowest BCUT2D eigenvalue weighted by molar-refractivity contribution is 0.0584. The molecule has 0 bridgehead atoms. The van der Waals surface area contributed by atoms with E-state index in [0.29, 0.717) is 46.1 Å². The van der Waals surface area contributed by atoms with Crippen molar-refractivity contribution in [3.05, 3.63) is 142 Å². The Bertz CT molecular complexity index is 2980. The molecule has 2 aliphatic heterocycles. The van der Waals surface area contributed by atoms with Crippen molar-refractivity contribution >= 4 is 78.0 Å². The van der Waals surface area contributed by atoms with Crippen LogP contribution in [0.5, 0.6) is 0 Å². The largest absolute Gasteiger partial charge is 0.339 e. The minimum absolute atomic E-state index is 0.174. The highest BCUT2D eigenvalue weighted by Crippen LogP contribution is 2.39. The van der Waals surface area contributed by atoms with Crippen LogP contribution in [0.3, 0.4) is 0 Å². The molecule has 8 heteroatoms. The second-order valence-electron chi connectivity index (χ2n) is 21.5. The maximum Gasteiger partial charge on any atom is 0.261 e. The summed E-state index contributed by atoms with van der Waals surface area (Å²) in [4.78, 5) is 61.1. The van der Waals surface area contributed by atoms with Gasteiger partial charge in [-0.15, -0.1) is 0 Å². The number of unbranched alkanes of at least 4 members (excludes halogenated alkanes) is 12. The standard InChI is InChI=1S/C66H76N4O4/c1-5-9-13-17-21-45-25-33-57-53(41-45)54-42-46(22-18-14-10-6-2)26-34-58(54)67(57)37-39-69-63(71)49-29-31-51-62-52(32-30-50(61(49)62)64(69)72)66(74)70(65(51)73)40-38-68-59-35-27-47(23-19-15-11-7-3)43-55(59)56-44-48(28-36-60(56)68)24-20-16-12-8-4/h25-36,41-44H,5-24,37-40H2,1-4H3. The van der Waals surface area contributed by atoms with E-state index < -0.39 is 23.6 Å². The molecule has 384 valence electrons. The fourth-order valence-corrected chi connectivity index (χ4v) is 12.3. The molecule has 0 aliphatic carbocycles. The first kappa shape index (κ1) is 51.0. The third-order valence-electron chi connectivity index (χ3n) is 16.4. The van der Waals surface area contributed by atoms with Crippen LogP contribution in [-0.4, -0.2) is 55.7 Å². The van der Waals surface area contributed by atoms with Crippen molar-refractivity contribution in [1.82, 2.24) is 18.9 Å². The molecule has 4 amide bonds. The number of aryl methyl sites for hydroxylation is 4. The van der Waals surface area contributed by atoms with Gasteiger partial charge in [-0.3, -0.25) is 29.0 Å². The van der Waals surface area contributed by atoms with Gasteiger partial charge in [-0.25, -0.2) is 0 Å². The molecule has 4 heterocycles. The SMILES string of the molecule is CCCCCCc1ccc2c(c1)c1cc(CCCCCC)ccc1n2CCN1C(=O)c2ccc3c4c(ccc(c24)C1=O)C(=O)N(CCn1c2ccc(CCCCCC)cc2c2cc(CCCCCC)ccc21)C3=O. The number of imide groups is 2. The summed E-state index contributed by atoms with van der Waals surface area (Å²) >= 11 is 0. The third-order valence-corrected chi connectivity index (χ3v) is 16.4. The number of carbonyl (C=O) groups is 4. The number of fused-ring (bicyclic) bond motifs is 6. The Kier molecular flexibility index (Phi) is 15.8. The molecule has 0 unspecified atom stereocenters. The Balaban J connectivity index is 0.905. The van der Waals surface area contributed by atoms with Gasteiger partial charge in [-0.2, -0.15) is 0 Å². The molecule has 0 saturated carbocycles. The highest BCUT2D eigenvalue weighted by Gasteiger charge is 2.40. The van der Waals surface area contributed by atoms with E-state index in [1.807, 2.05) is 0 Å². The van der Waals surface area contributed by atoms with Crippen molar-refractivity contribution in [2.45, 2.75) is 169 Å². The first-order valence-electron chi connectivity index (χ1n) is 28.6. The van der Waals surface area contributed by atoms with E-state index in [1.54, 1.807) is 24.3 Å². The van der Waals surface area contributed by atoms with E-state index in [4.69, 9.17) is 0 Å². The van der Waals surface area contributed by atoms with Crippen LogP contribution in [0, 0.1) is 0 Å². The molecule has 0 atom stereocenters. The molecule has 0 saturated heterocycles. The topological polar surface area (TPSA) is 84.6 Å². The maximum absolute atomic E-state index is 14.6. The van der Waals surface area contributed by atoms with E-state index in [0.717, 1.165) is 47.8 Å². The number of hydrogen-bond acceptors (Lipinski definition) is 4. The first-order chi connectivity index (χ1) is 36.2. The summed E-state index contributed by atoms with van der Waals surface area (Å²) in [5.41, 5.74) is 11.1. The van der Waals surface area contributed by atoms with Crippen molar-refractivity contribution in [3.8, 4) is 0 Å². The van der Waals surface area contributed by atoms with E-state index in [2.05, 4.69) is 110 Å². The Hall–Kier alpha value is -6.54. The van der Waals surface area contributed by atoms with Crippen LogP contribution in [-0.2, 0) is 38.8 Å². The fraction of sp³-hybridized carbons (Fsp3) is 0.424. The van der Waals surface area contributed by atoms with Crippen LogP contribution in [0.25, 0.3) is 54.4 Å². The van der Waals surface area contributed by atoms with Gasteiger partial charge in [0.2, 0.25) is 0 Å². The molecule has 0 spiro atoms. The Labute approximate surface area is 438 Å². The van der Waals surface area contributed by atoms with Gasteiger partial charge in [0.15, 0.2) is 0 Å². The zero-order chi connectivity index (χ0) is 51.3. The number of benzene rings is 6. The van der Waals surface area contributed by atoms with Gasteiger partial charge in [-0.05, 0) is 146 Å². The summed E-state index contributed by atoms with van der Waals surface area (Å²) < 4.78 is 4.54. The van der Waals surface area contributed by atoms with Crippen LogP contribution in [0.1, 0.15) is 194 Å². The van der Waals surface area contributed by atoms with Crippen molar-refractivity contribution in [2.75, 3.05) is 13.1 Å². The molecule has 0 radical (unpaired) electrons. The fourth-order valence-electron chi connectivity index (χ4n) is 12.3. The summed E-state index contributed by atoms with van der Waals surface area (Å²) in [6.45, 7) is 10.2. The minimum atomic E-state index is -0.405. The smallest absolute Gasteiger partial charge is 0.261 e. The molecule has 8 aromatic rings. The molecule has 10 rings (SSSR count). The van der Waals surface area contributed by atoms with Crippen LogP contribution in [0.2, 0.25) is 0 Å². The van der Waals surface area contributed by atoms with Gasteiger partial charge in [-0.1, -0.05) is 129 Å². The molecular formula is C66H76N4O4. The number of carbonyl (C=O) groups excluding carboxylic acids is 4. The van der Waals surface area contributed by atoms with Crippen LogP contribution >= 0.6 is 0 Å². The van der Waals surface area contributed by atoms with Crippen molar-refractivity contribution in [3.63, 3.8) is 0 Å². The second kappa shape index (κ2) is 22.9. The van der Waals surface area contributed by atoms with E-state index >= 15 is 0 Å². The van der Waals surface area contributed by atoms with E-state index in [1.165, 1.54) is 156 Å². The predicted octanol–water partition coefficient (Wildman–Crippen LogP) is 16.1. The summed E-state index contributed by atoms with van der Waals surface area (Å²) in [5.74, 6) is -1.62. The normalized spacial score (nSPS) is 13.7. The lowest BCUT2D eigenvalue weighted by atomic mass is 9.86. The Morgan fingerprint density at radius 2 is 0.554 bits per heavy atom. The average molecular weight is 989 g/mol. The number of hydrogen-bond donors (Lipinski definition) is 0. The number of rotatable bonds is 26. The van der Waals surface area contributed by atoms with Crippen LogP contribution in [0.4, 0.5) is 0 Å². The van der Waals surface area contributed by atoms with Gasteiger partial charge < -0.3 is 9.13 Å². The van der Waals surface area contributed by atoms with Crippen LogP contribution in [0.15, 0.2) is 97.1 Å². The molecule has 74 heavy (non-hydrogen) atoms. The number of amides is 4. The van der Waals surface area contributed by atoms with Gasteiger partial charge >= 0.3 is 0 Å². The summed E-state index contributed by atoms with van der Waals surface area (Å²) in [7, 11) is 0. The molecule has 2 aromatic heterocycles. The highest BCUT2D eigenvalue weighted by molar-refractivity contribution is 6.33. The van der Waals surface area contributed by atoms with Crippen molar-refractivity contribution < 1.29 is 19.2 Å². The Morgan fingerprint density at radius 1 is 0.297 bits per heavy atom. The van der Waals surface area contributed by atoms with Gasteiger partial charge in [0.05, 0.1) is 0 Å². The molecule has 2 aliphatic rings. The van der Waals surface area contributed by atoms with E-state index in [-0.39, 0.29) is 13.1 Å². The lowest BCUT2D eigenvalue weighted by Gasteiger charge is -2.32. The molecule has 0 N–H and O–H groups in total. The predicted molar refractivity (Wildman–Crippen MR) is 305 cm³/mol. The summed E-state index contributed by atoms with van der Waals surface area (Å²) in [5, 5.41) is 5.67. The molecule has 8 nitrogen and oxygen atoms in total. The zero-order valence-corrected chi connectivity index (χ0v) is 44.6. The molecule has 0 fully saturated rings. The molecular weight excluding hydrogens is 913 g/mol. The van der Waals surface area contributed by atoms with Crippen molar-refractivity contribution in [2.24, 2.45) is 0 Å². The minimum Gasteiger partial charge on any atom is -0.339 e. The van der Waals surface area contributed by atoms with Gasteiger partial charge in [0.1, 0.15) is 0 Å². The summed E-state index contributed by atoms with van der Waals surface area (Å²) in [6, 6.07) is 34.1. The lowest BCUT2D eigenvalue weighted by Crippen LogP contribution is -2.44. The van der Waals surface area contributed by atoms with Gasteiger partial charge in [0, 0.05) is 103 Å². The average Bonchev–Trinajstić information content (AvgIpc) is 3.90. The van der Waals surface area contributed by atoms with Crippen molar-refractivity contribution in [1.29, 1.82) is 0 Å². The maximum atomic E-state index is 14.6. The summed E-state index contributed by atoms with van der Waals surface area (Å²) in [6.07, 6.45) is 23.6. The number of aromatic nitrogens is 2. The first-order valence-corrected chi connectivity index (χ1v) is 28.6. The number of nitrogens with zero attached hydrogens (tertiary/aromatic N) is 4. The zero-order valence-electron chi connectivity index (χ0n) is 44.6. The van der Waals surface area contributed by atoms with Crippen LogP contribution < -0.4 is 0 Å². The van der Waals surface area contributed by atoms with Gasteiger partial charge in [0.25, 0.3) is 23.6 Å². The van der Waals surface area contributed by atoms with E-state index in [9.17, 15) is 19.2 Å². The second-order valence-corrected chi connectivity index (χ2v) is 21.5. The Morgan fingerprint density at radius 3 is 0.797 bits per heavy atom. The third kappa shape index (κ3) is 9.94. The molecule has 6 aromatic carbocycles. The highest BCUT2D eigenvalue weighted by atomic mass is 16.2.